The summed E-state index contributed by atoms with van der Waals surface area (Å²) in [7, 11) is -3.44. The molecule has 0 unspecified atom stereocenters. The molecule has 3 rings (SSSR count). The molecule has 2 amide bonds. The van der Waals surface area contributed by atoms with Crippen LogP contribution in [-0.4, -0.2) is 73.8 Å². The molecule has 0 spiro atoms. The fourth-order valence-corrected chi connectivity index (χ4v) is 5.35. The van der Waals surface area contributed by atoms with Gasteiger partial charge in [-0.3, -0.25) is 0 Å². The number of carbonyl (C=O) groups is 1. The number of nitrogens with one attached hydrogen (secondary N) is 1. The molecule has 2 fully saturated rings. The molecule has 1 aromatic rings. The summed E-state index contributed by atoms with van der Waals surface area (Å²) in [5.74, 6) is 0.627. The summed E-state index contributed by atoms with van der Waals surface area (Å²) in [5, 5.41) is 2.89. The van der Waals surface area contributed by atoms with Gasteiger partial charge in [-0.2, -0.15) is 17.0 Å². The number of carbonyl (C=O) groups excluding carboxylic acids is 1. The Bertz CT molecular complexity index is 765. The van der Waals surface area contributed by atoms with Crippen molar-refractivity contribution in [3.63, 3.8) is 0 Å². The van der Waals surface area contributed by atoms with Crippen LogP contribution in [0.2, 0.25) is 0 Å². The van der Waals surface area contributed by atoms with Crippen molar-refractivity contribution in [1.29, 1.82) is 0 Å². The molecular formula is C19H30N4O4S. The van der Waals surface area contributed by atoms with Crippen LogP contribution in [0, 0.1) is 0 Å². The highest BCUT2D eigenvalue weighted by Gasteiger charge is 2.32. The van der Waals surface area contributed by atoms with Crippen LogP contribution in [0.1, 0.15) is 32.6 Å². The van der Waals surface area contributed by atoms with Crippen LogP contribution < -0.4 is 10.1 Å². The Labute approximate surface area is 167 Å². The molecule has 0 saturated carbocycles. The topological polar surface area (TPSA) is 82.2 Å². The van der Waals surface area contributed by atoms with E-state index in [9.17, 15) is 13.2 Å². The van der Waals surface area contributed by atoms with Crippen LogP contribution in [0.3, 0.4) is 0 Å². The third-order valence-corrected chi connectivity index (χ3v) is 7.17. The number of benzene rings is 1. The van der Waals surface area contributed by atoms with E-state index in [2.05, 4.69) is 5.32 Å². The van der Waals surface area contributed by atoms with Crippen molar-refractivity contribution in [2.75, 3.05) is 51.2 Å². The van der Waals surface area contributed by atoms with Gasteiger partial charge in [-0.1, -0.05) is 18.6 Å². The number of nitrogens with zero attached hydrogens (tertiary/aromatic N) is 3. The number of para-hydroxylation sites is 2. The molecule has 2 heterocycles. The molecule has 2 aliphatic rings. The van der Waals surface area contributed by atoms with Crippen molar-refractivity contribution in [3.05, 3.63) is 24.3 Å². The van der Waals surface area contributed by atoms with E-state index in [4.69, 9.17) is 4.74 Å². The molecule has 0 aliphatic carbocycles. The van der Waals surface area contributed by atoms with E-state index in [0.717, 1.165) is 19.3 Å². The zero-order valence-electron chi connectivity index (χ0n) is 16.5. The standard InChI is InChI=1S/C19H30N4O4S/c1-2-27-18-10-5-4-9-17(18)20-19(24)21-11-8-14-23(16-15-21)28(25,26)22-12-6-3-7-13-22/h4-5,9-10H,2-3,6-8,11-16H2,1H3,(H,20,24). The monoisotopic (exact) mass is 410 g/mol. The molecule has 1 aromatic carbocycles. The highest BCUT2D eigenvalue weighted by Crippen LogP contribution is 2.24. The van der Waals surface area contributed by atoms with Crippen molar-refractivity contribution in [2.45, 2.75) is 32.6 Å². The first-order chi connectivity index (χ1) is 13.5. The van der Waals surface area contributed by atoms with Crippen LogP contribution in [0.5, 0.6) is 5.75 Å². The second kappa shape index (κ2) is 9.58. The third-order valence-electron chi connectivity index (χ3n) is 5.14. The molecule has 0 atom stereocenters. The van der Waals surface area contributed by atoms with Gasteiger partial charge < -0.3 is 15.0 Å². The molecule has 0 radical (unpaired) electrons. The average molecular weight is 411 g/mol. The van der Waals surface area contributed by atoms with Crippen LogP contribution in [0.4, 0.5) is 10.5 Å². The number of urea groups is 1. The van der Waals surface area contributed by atoms with E-state index in [-0.39, 0.29) is 6.03 Å². The lowest BCUT2D eigenvalue weighted by Gasteiger charge is -2.31. The Morgan fingerprint density at radius 1 is 0.964 bits per heavy atom. The number of hydrogen-bond acceptors (Lipinski definition) is 4. The maximum Gasteiger partial charge on any atom is 0.321 e. The first-order valence-corrected chi connectivity index (χ1v) is 11.4. The van der Waals surface area contributed by atoms with E-state index in [1.165, 1.54) is 4.31 Å². The predicted molar refractivity (Wildman–Crippen MR) is 109 cm³/mol. The number of rotatable bonds is 5. The molecule has 0 bridgehead atoms. The van der Waals surface area contributed by atoms with Crippen LogP contribution in [0.15, 0.2) is 24.3 Å². The van der Waals surface area contributed by atoms with Gasteiger partial charge in [0.25, 0.3) is 10.2 Å². The van der Waals surface area contributed by atoms with Crippen molar-refractivity contribution in [1.82, 2.24) is 13.5 Å². The Balaban J connectivity index is 1.61. The first kappa shape index (κ1) is 20.9. The lowest BCUT2D eigenvalue weighted by Crippen LogP contribution is -2.47. The van der Waals surface area contributed by atoms with Gasteiger partial charge in [0.05, 0.1) is 12.3 Å². The number of anilines is 1. The van der Waals surface area contributed by atoms with Gasteiger partial charge >= 0.3 is 6.03 Å². The Hall–Kier alpha value is -1.84. The maximum atomic E-state index is 12.9. The molecule has 1 N–H and O–H groups in total. The lowest BCUT2D eigenvalue weighted by molar-refractivity contribution is 0.213. The van der Waals surface area contributed by atoms with Crippen molar-refractivity contribution >= 4 is 21.9 Å². The fraction of sp³-hybridized carbons (Fsp3) is 0.632. The lowest BCUT2D eigenvalue weighted by atomic mass is 10.2. The smallest absolute Gasteiger partial charge is 0.321 e. The third kappa shape index (κ3) is 4.95. The zero-order chi connectivity index (χ0) is 20.0. The molecular weight excluding hydrogens is 380 g/mol. The largest absolute Gasteiger partial charge is 0.492 e. The van der Waals surface area contributed by atoms with E-state index in [1.807, 2.05) is 25.1 Å². The maximum absolute atomic E-state index is 12.9. The molecule has 9 heteroatoms. The van der Waals surface area contributed by atoms with Crippen LogP contribution in [-0.2, 0) is 10.2 Å². The summed E-state index contributed by atoms with van der Waals surface area (Å²) in [6.45, 7) is 5.25. The quantitative estimate of drug-likeness (QED) is 0.808. The zero-order valence-corrected chi connectivity index (χ0v) is 17.3. The summed E-state index contributed by atoms with van der Waals surface area (Å²) in [6.07, 6.45) is 3.54. The summed E-state index contributed by atoms with van der Waals surface area (Å²) in [4.78, 5) is 14.4. The molecule has 2 aliphatic heterocycles. The minimum Gasteiger partial charge on any atom is -0.492 e. The van der Waals surface area contributed by atoms with Crippen molar-refractivity contribution < 1.29 is 17.9 Å². The number of ether oxygens (including phenoxy) is 1. The first-order valence-electron chi connectivity index (χ1n) is 10.1. The second-order valence-corrected chi connectivity index (χ2v) is 8.99. The number of piperidine rings is 1. The van der Waals surface area contributed by atoms with E-state index in [0.29, 0.717) is 63.7 Å². The Morgan fingerprint density at radius 2 is 1.64 bits per heavy atom. The summed E-state index contributed by atoms with van der Waals surface area (Å²) >= 11 is 0. The minimum absolute atomic E-state index is 0.232. The molecule has 28 heavy (non-hydrogen) atoms. The minimum atomic E-state index is -3.44. The van der Waals surface area contributed by atoms with Gasteiger partial charge in [0, 0.05) is 39.3 Å². The van der Waals surface area contributed by atoms with Crippen LogP contribution in [0.25, 0.3) is 0 Å². The highest BCUT2D eigenvalue weighted by atomic mass is 32.2. The van der Waals surface area contributed by atoms with Gasteiger partial charge in [0.2, 0.25) is 0 Å². The average Bonchev–Trinajstić information content (AvgIpc) is 2.97. The van der Waals surface area contributed by atoms with E-state index >= 15 is 0 Å². The van der Waals surface area contributed by atoms with Gasteiger partial charge in [-0.25, -0.2) is 4.79 Å². The SMILES string of the molecule is CCOc1ccccc1NC(=O)N1CCCN(S(=O)(=O)N2CCCCC2)CC1. The normalized spacial score (nSPS) is 19.8. The highest BCUT2D eigenvalue weighted by molar-refractivity contribution is 7.86. The number of hydrogen-bond donors (Lipinski definition) is 1. The second-order valence-electron chi connectivity index (χ2n) is 7.07. The molecule has 156 valence electrons. The Morgan fingerprint density at radius 3 is 2.39 bits per heavy atom. The summed E-state index contributed by atoms with van der Waals surface area (Å²) in [5.41, 5.74) is 0.622. The van der Waals surface area contributed by atoms with Gasteiger partial charge in [0.15, 0.2) is 0 Å². The molecule has 8 nitrogen and oxygen atoms in total. The number of amides is 2. The van der Waals surface area contributed by atoms with Gasteiger partial charge in [-0.05, 0) is 38.3 Å². The van der Waals surface area contributed by atoms with Gasteiger partial charge in [0.1, 0.15) is 5.75 Å². The van der Waals surface area contributed by atoms with E-state index < -0.39 is 10.2 Å². The molecule has 2 saturated heterocycles. The van der Waals surface area contributed by atoms with E-state index in [1.54, 1.807) is 15.3 Å². The van der Waals surface area contributed by atoms with Crippen molar-refractivity contribution in [2.24, 2.45) is 0 Å². The summed E-state index contributed by atoms with van der Waals surface area (Å²) < 4.78 is 34.5. The van der Waals surface area contributed by atoms with Gasteiger partial charge in [-0.15, -0.1) is 0 Å². The van der Waals surface area contributed by atoms with Crippen LogP contribution >= 0.6 is 0 Å². The molecule has 0 aromatic heterocycles. The fourth-order valence-electron chi connectivity index (χ4n) is 3.63. The van der Waals surface area contributed by atoms with Crippen molar-refractivity contribution in [3.8, 4) is 5.75 Å². The summed E-state index contributed by atoms with van der Waals surface area (Å²) in [6, 6.07) is 7.08. The predicted octanol–water partition coefficient (Wildman–Crippen LogP) is 2.36. The Kier molecular flexibility index (Phi) is 7.14.